The molecule has 0 spiro atoms. The summed E-state index contributed by atoms with van der Waals surface area (Å²) >= 11 is 5.11. The Morgan fingerprint density at radius 2 is 1.59 bits per heavy atom. The van der Waals surface area contributed by atoms with Crippen LogP contribution in [-0.2, 0) is 32.9 Å². The maximum atomic E-state index is 10.7. The molecule has 1 fully saturated rings. The van der Waals surface area contributed by atoms with E-state index >= 15 is 0 Å². The first kappa shape index (κ1) is 26.2. The van der Waals surface area contributed by atoms with Crippen molar-refractivity contribution in [2.75, 3.05) is 38.3 Å². The van der Waals surface area contributed by atoms with Crippen LogP contribution >= 0.6 is 0 Å². The molecule has 1 aliphatic rings. The Morgan fingerprint density at radius 3 is 1.86 bits per heavy atom. The van der Waals surface area contributed by atoms with Crippen LogP contribution in [0.15, 0.2) is 0 Å². The molecular formula is C7H16N4Na2O6S3. The molecule has 10 nitrogen and oxygen atoms in total. The molecule has 1 aliphatic heterocycles. The predicted octanol–water partition coefficient (Wildman–Crippen LogP) is -10.6. The Morgan fingerprint density at radius 1 is 1.18 bits per heavy atom. The minimum atomic E-state index is -4.43. The molecule has 15 heteroatoms. The van der Waals surface area contributed by atoms with Gasteiger partial charge in [0.2, 0.25) is 0 Å². The van der Waals surface area contributed by atoms with E-state index in [0.29, 0.717) is 11.7 Å². The SMILES string of the molecule is CN1C[NH+](N(CCS(=O)(=O)[O-])CCS(=O)(=O)[O-])C([S-])N1.[Na+].[Na+]. The summed E-state index contributed by atoms with van der Waals surface area (Å²) in [6.45, 7) is -0.0370. The molecule has 0 aromatic heterocycles. The summed E-state index contributed by atoms with van der Waals surface area (Å²) in [4.78, 5) is 0. The number of quaternary nitrogens is 1. The van der Waals surface area contributed by atoms with Crippen molar-refractivity contribution in [3.05, 3.63) is 0 Å². The molecule has 2 unspecified atom stereocenters. The monoisotopic (exact) mass is 394 g/mol. The summed E-state index contributed by atoms with van der Waals surface area (Å²) in [5.74, 6) is -1.36. The number of nitrogens with zero attached hydrogens (tertiary/aromatic N) is 2. The van der Waals surface area contributed by atoms with E-state index in [9.17, 15) is 25.9 Å². The Labute approximate surface area is 180 Å². The molecule has 0 aromatic rings. The zero-order valence-corrected chi connectivity index (χ0v) is 19.1. The first-order chi connectivity index (χ1) is 8.98. The van der Waals surface area contributed by atoms with Crippen LogP contribution in [0.3, 0.4) is 0 Å². The third-order valence-electron chi connectivity index (χ3n) is 2.67. The van der Waals surface area contributed by atoms with Crippen molar-refractivity contribution in [3.63, 3.8) is 0 Å². The molecule has 0 radical (unpaired) electrons. The van der Waals surface area contributed by atoms with Gasteiger partial charge < -0.3 is 21.7 Å². The molecule has 22 heavy (non-hydrogen) atoms. The molecule has 0 aliphatic carbocycles. The first-order valence-electron chi connectivity index (χ1n) is 5.59. The molecule has 1 saturated heterocycles. The van der Waals surface area contributed by atoms with Crippen LogP contribution in [0, 0.1) is 0 Å². The van der Waals surface area contributed by atoms with Crippen LogP contribution in [0.1, 0.15) is 0 Å². The van der Waals surface area contributed by atoms with Gasteiger partial charge in [-0.2, -0.15) is 10.0 Å². The molecule has 1 heterocycles. The van der Waals surface area contributed by atoms with E-state index in [1.165, 1.54) is 5.01 Å². The number of hydrogen-bond donors (Lipinski definition) is 2. The van der Waals surface area contributed by atoms with Gasteiger partial charge in [-0.05, 0) is 0 Å². The minimum absolute atomic E-state index is 0. The van der Waals surface area contributed by atoms with Crippen LogP contribution in [0.25, 0.3) is 0 Å². The molecule has 0 aromatic carbocycles. The zero-order chi connectivity index (χ0) is 15.6. The van der Waals surface area contributed by atoms with Gasteiger partial charge in [-0.1, -0.05) is 0 Å². The van der Waals surface area contributed by atoms with Crippen LogP contribution in [-0.4, -0.2) is 79.8 Å². The van der Waals surface area contributed by atoms with E-state index in [-0.39, 0.29) is 72.2 Å². The second-order valence-electron chi connectivity index (χ2n) is 4.37. The Hall–Kier alpha value is 2.01. The fourth-order valence-electron chi connectivity index (χ4n) is 1.76. The number of nitrogens with one attached hydrogen (secondary N) is 2. The molecule has 0 saturated carbocycles. The van der Waals surface area contributed by atoms with Gasteiger partial charge in [0, 0.05) is 7.05 Å². The van der Waals surface area contributed by atoms with Crippen LogP contribution in [0.4, 0.5) is 0 Å². The summed E-state index contributed by atoms with van der Waals surface area (Å²) in [6, 6.07) is 0. The van der Waals surface area contributed by atoms with Crippen molar-refractivity contribution in [2.24, 2.45) is 0 Å². The topological polar surface area (TPSA) is 137 Å². The summed E-state index contributed by atoms with van der Waals surface area (Å²) in [6.07, 6.45) is 0. The fourth-order valence-corrected chi connectivity index (χ4v) is 3.05. The van der Waals surface area contributed by atoms with Gasteiger partial charge in [-0.15, -0.1) is 0 Å². The molecule has 120 valence electrons. The normalized spacial score (nSPS) is 23.1. The second kappa shape index (κ2) is 10.9. The third-order valence-corrected chi connectivity index (χ3v) is 4.41. The summed E-state index contributed by atoms with van der Waals surface area (Å²) in [5, 5.41) is 3.59. The van der Waals surface area contributed by atoms with Crippen molar-refractivity contribution in [2.45, 2.75) is 5.50 Å². The van der Waals surface area contributed by atoms with Crippen LogP contribution in [0.5, 0.6) is 0 Å². The van der Waals surface area contributed by atoms with Crippen molar-refractivity contribution in [1.29, 1.82) is 0 Å². The number of hydrazine groups is 1. The van der Waals surface area contributed by atoms with Crippen molar-refractivity contribution in [3.8, 4) is 0 Å². The first-order valence-corrected chi connectivity index (χ1v) is 9.21. The maximum absolute atomic E-state index is 10.7. The smallest absolute Gasteiger partial charge is 0.748 e. The Bertz CT molecular complexity index is 496. The van der Waals surface area contributed by atoms with Gasteiger partial charge in [0.05, 0.1) is 50.3 Å². The van der Waals surface area contributed by atoms with Crippen LogP contribution in [0.2, 0.25) is 0 Å². The molecule has 1 rings (SSSR count). The largest absolute Gasteiger partial charge is 1.00 e. The van der Waals surface area contributed by atoms with Gasteiger partial charge in [0.15, 0.2) is 6.67 Å². The molecule has 0 amide bonds. The van der Waals surface area contributed by atoms with E-state index in [2.05, 4.69) is 5.43 Å². The van der Waals surface area contributed by atoms with E-state index in [1.807, 2.05) is 0 Å². The number of hydrogen-bond acceptors (Lipinski definition) is 10. The second-order valence-corrected chi connectivity index (χ2v) is 7.89. The van der Waals surface area contributed by atoms with E-state index in [0.717, 1.165) is 0 Å². The fraction of sp³-hybridized carbons (Fsp3) is 1.00. The van der Waals surface area contributed by atoms with E-state index < -0.39 is 37.2 Å². The van der Waals surface area contributed by atoms with Gasteiger partial charge in [0.25, 0.3) is 0 Å². The Kier molecular flexibility index (Phi) is 13.0. The van der Waals surface area contributed by atoms with E-state index in [4.69, 9.17) is 12.6 Å². The van der Waals surface area contributed by atoms with E-state index in [1.54, 1.807) is 12.1 Å². The van der Waals surface area contributed by atoms with Gasteiger partial charge >= 0.3 is 59.1 Å². The summed E-state index contributed by atoms with van der Waals surface area (Å²) < 4.78 is 64.0. The maximum Gasteiger partial charge on any atom is 1.00 e. The molecular weight excluding hydrogens is 378 g/mol. The summed E-state index contributed by atoms with van der Waals surface area (Å²) in [7, 11) is -7.16. The van der Waals surface area contributed by atoms with Crippen molar-refractivity contribution < 1.29 is 90.1 Å². The molecule has 2 atom stereocenters. The quantitative estimate of drug-likeness (QED) is 0.243. The van der Waals surface area contributed by atoms with Crippen molar-refractivity contribution in [1.82, 2.24) is 15.4 Å². The average Bonchev–Trinajstić information content (AvgIpc) is 2.55. The van der Waals surface area contributed by atoms with Gasteiger partial charge in [-0.25, -0.2) is 27.3 Å². The predicted molar refractivity (Wildman–Crippen MR) is 68.6 cm³/mol. The Balaban J connectivity index is 0. The van der Waals surface area contributed by atoms with Crippen LogP contribution < -0.4 is 69.5 Å². The minimum Gasteiger partial charge on any atom is -0.748 e. The summed E-state index contributed by atoms with van der Waals surface area (Å²) in [5.41, 5.74) is 2.32. The number of rotatable bonds is 7. The van der Waals surface area contributed by atoms with Gasteiger partial charge in [0.1, 0.15) is 0 Å². The zero-order valence-electron chi connectivity index (χ0n) is 12.7. The average molecular weight is 394 g/mol. The molecule has 0 bridgehead atoms. The standard InChI is InChI=1S/C7H18N4O6S3.2Na/c1-9-6-11(7(18)8-9)10(2-4-19(12,13)14)3-5-20(15,16)17;;/h7-8,18H,2-6H2,1H3,(H,12,13,14)(H,15,16,17);;/q;2*+1/p-2. The van der Waals surface area contributed by atoms with Gasteiger partial charge in [-0.3, -0.25) is 0 Å². The van der Waals surface area contributed by atoms with Crippen molar-refractivity contribution >= 4 is 32.9 Å². The molecule has 2 N–H and O–H groups in total. The third kappa shape index (κ3) is 10.8.